The van der Waals surface area contributed by atoms with Gasteiger partial charge in [-0.2, -0.15) is 0 Å². The van der Waals surface area contributed by atoms with E-state index < -0.39 is 10.0 Å². The van der Waals surface area contributed by atoms with Gasteiger partial charge in [0.2, 0.25) is 0 Å². The van der Waals surface area contributed by atoms with E-state index in [1.54, 1.807) is 49.6 Å². The Morgan fingerprint density at radius 2 is 1.27 bits per heavy atom. The zero-order valence-corrected chi connectivity index (χ0v) is 18.1. The predicted molar refractivity (Wildman–Crippen MR) is 124 cm³/mol. The summed E-state index contributed by atoms with van der Waals surface area (Å²) in [5.74, 6) is 0.675. The van der Waals surface area contributed by atoms with E-state index in [1.165, 1.54) is 11.1 Å². The number of hydrogen-bond acceptors (Lipinski definition) is 3. The number of ether oxygens (including phenoxy) is 1. The number of methoxy groups -OCH3 is 1. The maximum Gasteiger partial charge on any atom is 0.261 e. The van der Waals surface area contributed by atoms with Crippen molar-refractivity contribution in [1.82, 2.24) is 0 Å². The molecular formula is C25H25NO3S. The number of fused-ring (bicyclic) bond motifs is 1. The highest BCUT2D eigenvalue weighted by Crippen LogP contribution is 2.22. The first-order chi connectivity index (χ1) is 14.4. The van der Waals surface area contributed by atoms with Gasteiger partial charge in [-0.25, -0.2) is 8.42 Å². The maximum atomic E-state index is 12.5. The van der Waals surface area contributed by atoms with Crippen molar-refractivity contribution < 1.29 is 13.2 Å². The van der Waals surface area contributed by atoms with E-state index in [4.69, 9.17) is 4.74 Å². The van der Waals surface area contributed by atoms with Crippen LogP contribution in [-0.4, -0.2) is 15.5 Å². The summed E-state index contributed by atoms with van der Waals surface area (Å²) in [6, 6.07) is 27.9. The number of benzene rings is 4. The van der Waals surface area contributed by atoms with E-state index in [2.05, 4.69) is 42.8 Å². The molecule has 4 nitrogen and oxygen atoms in total. The van der Waals surface area contributed by atoms with Crippen LogP contribution >= 0.6 is 0 Å². The quantitative estimate of drug-likeness (QED) is 0.444. The maximum absolute atomic E-state index is 12.5. The van der Waals surface area contributed by atoms with Gasteiger partial charge >= 0.3 is 0 Å². The predicted octanol–water partition coefficient (Wildman–Crippen LogP) is 5.95. The molecule has 0 spiro atoms. The first kappa shape index (κ1) is 21.4. The Labute approximate surface area is 178 Å². The lowest BCUT2D eigenvalue weighted by Gasteiger charge is -2.09. The molecule has 4 rings (SSSR count). The summed E-state index contributed by atoms with van der Waals surface area (Å²) < 4.78 is 32.5. The second-order valence-electron chi connectivity index (χ2n) is 7.00. The van der Waals surface area contributed by atoms with Gasteiger partial charge in [0.05, 0.1) is 12.0 Å². The molecule has 154 valence electrons. The number of sulfonamides is 1. The molecule has 0 fully saturated rings. The topological polar surface area (TPSA) is 55.4 Å². The van der Waals surface area contributed by atoms with Crippen molar-refractivity contribution in [3.8, 4) is 5.75 Å². The number of anilines is 1. The van der Waals surface area contributed by atoms with E-state index in [9.17, 15) is 8.42 Å². The van der Waals surface area contributed by atoms with Crippen molar-refractivity contribution in [2.45, 2.75) is 18.7 Å². The molecule has 0 amide bonds. The monoisotopic (exact) mass is 419 g/mol. The van der Waals surface area contributed by atoms with Gasteiger partial charge in [0.15, 0.2) is 0 Å². The van der Waals surface area contributed by atoms with Crippen LogP contribution < -0.4 is 9.46 Å². The minimum Gasteiger partial charge on any atom is -0.497 e. The fourth-order valence-corrected chi connectivity index (χ4v) is 3.94. The van der Waals surface area contributed by atoms with Gasteiger partial charge in [-0.15, -0.1) is 0 Å². The van der Waals surface area contributed by atoms with E-state index in [1.807, 2.05) is 24.3 Å². The Kier molecular flexibility index (Phi) is 6.75. The Balaban J connectivity index is 0.000000269. The SMILES string of the molecule is COc1ccc(NS(=O)(=O)c2ccc3ccccc3c2)cc1.Cc1ccc(C)cc1. The van der Waals surface area contributed by atoms with Gasteiger partial charge in [-0.3, -0.25) is 4.72 Å². The third kappa shape index (κ3) is 5.61. The summed E-state index contributed by atoms with van der Waals surface area (Å²) in [5.41, 5.74) is 3.15. The molecule has 0 aliphatic rings. The lowest BCUT2D eigenvalue weighted by atomic mass is 10.1. The summed E-state index contributed by atoms with van der Waals surface area (Å²) in [6.45, 7) is 4.19. The van der Waals surface area contributed by atoms with E-state index in [0.717, 1.165) is 10.8 Å². The minimum absolute atomic E-state index is 0.238. The van der Waals surface area contributed by atoms with Crippen molar-refractivity contribution >= 4 is 26.5 Å². The van der Waals surface area contributed by atoms with Crippen molar-refractivity contribution in [3.05, 3.63) is 102 Å². The zero-order valence-electron chi connectivity index (χ0n) is 17.3. The van der Waals surface area contributed by atoms with Gasteiger partial charge < -0.3 is 4.74 Å². The van der Waals surface area contributed by atoms with Crippen LogP contribution in [0, 0.1) is 13.8 Å². The minimum atomic E-state index is -3.62. The smallest absolute Gasteiger partial charge is 0.261 e. The molecule has 30 heavy (non-hydrogen) atoms. The fraction of sp³-hybridized carbons (Fsp3) is 0.120. The average Bonchev–Trinajstić information content (AvgIpc) is 2.76. The van der Waals surface area contributed by atoms with Crippen LogP contribution in [0.15, 0.2) is 95.9 Å². The molecule has 0 aliphatic carbocycles. The van der Waals surface area contributed by atoms with Crippen LogP contribution in [0.2, 0.25) is 0 Å². The van der Waals surface area contributed by atoms with Crippen molar-refractivity contribution in [1.29, 1.82) is 0 Å². The highest BCUT2D eigenvalue weighted by molar-refractivity contribution is 7.92. The first-order valence-electron chi connectivity index (χ1n) is 9.56. The lowest BCUT2D eigenvalue weighted by Crippen LogP contribution is -2.12. The van der Waals surface area contributed by atoms with Gasteiger partial charge in [-0.05, 0) is 61.0 Å². The van der Waals surface area contributed by atoms with Crippen LogP contribution in [-0.2, 0) is 10.0 Å². The molecule has 0 heterocycles. The summed E-state index contributed by atoms with van der Waals surface area (Å²) in [5, 5.41) is 1.89. The molecule has 0 aliphatic heterocycles. The van der Waals surface area contributed by atoms with Crippen molar-refractivity contribution in [2.75, 3.05) is 11.8 Å². The molecule has 5 heteroatoms. The molecule has 0 unspecified atom stereocenters. The van der Waals surface area contributed by atoms with E-state index in [-0.39, 0.29) is 4.90 Å². The molecule has 0 aromatic heterocycles. The number of rotatable bonds is 4. The molecule has 0 saturated carbocycles. The highest BCUT2D eigenvalue weighted by Gasteiger charge is 2.14. The fourth-order valence-electron chi connectivity index (χ4n) is 2.84. The Bertz CT molecular complexity index is 1190. The molecule has 0 atom stereocenters. The molecule has 4 aromatic rings. The Morgan fingerprint density at radius 3 is 1.83 bits per heavy atom. The van der Waals surface area contributed by atoms with Crippen molar-refractivity contribution in [3.63, 3.8) is 0 Å². The highest BCUT2D eigenvalue weighted by atomic mass is 32.2. The third-order valence-electron chi connectivity index (χ3n) is 4.59. The summed E-state index contributed by atoms with van der Waals surface area (Å²) in [7, 11) is -2.05. The molecule has 1 N–H and O–H groups in total. The zero-order chi connectivity index (χ0) is 21.6. The van der Waals surface area contributed by atoms with Crippen molar-refractivity contribution in [2.24, 2.45) is 0 Å². The third-order valence-corrected chi connectivity index (χ3v) is 5.97. The van der Waals surface area contributed by atoms with Crippen LogP contribution in [0.4, 0.5) is 5.69 Å². The number of aryl methyl sites for hydroxylation is 2. The molecule has 0 bridgehead atoms. The average molecular weight is 420 g/mol. The van der Waals surface area contributed by atoms with Gasteiger partial charge in [0, 0.05) is 5.69 Å². The lowest BCUT2D eigenvalue weighted by molar-refractivity contribution is 0.415. The largest absolute Gasteiger partial charge is 0.497 e. The van der Waals surface area contributed by atoms with E-state index in [0.29, 0.717) is 11.4 Å². The Hall–Kier alpha value is -3.31. The van der Waals surface area contributed by atoms with Crippen LogP contribution in [0.5, 0.6) is 5.75 Å². The second-order valence-corrected chi connectivity index (χ2v) is 8.68. The van der Waals surface area contributed by atoms with Crippen LogP contribution in [0.25, 0.3) is 10.8 Å². The Morgan fingerprint density at radius 1 is 0.700 bits per heavy atom. The molecular weight excluding hydrogens is 394 g/mol. The van der Waals surface area contributed by atoms with Gasteiger partial charge in [0.25, 0.3) is 10.0 Å². The molecule has 0 saturated heterocycles. The number of nitrogens with one attached hydrogen (secondary N) is 1. The van der Waals surface area contributed by atoms with Crippen LogP contribution in [0.3, 0.4) is 0 Å². The molecule has 0 radical (unpaired) electrons. The molecule has 4 aromatic carbocycles. The van der Waals surface area contributed by atoms with Gasteiger partial charge in [0.1, 0.15) is 5.75 Å². The standard InChI is InChI=1S/C17H15NO3S.C8H10/c1-21-16-9-7-15(8-10-16)18-22(19,20)17-11-6-13-4-2-3-5-14(13)12-17;1-7-3-5-8(2)6-4-7/h2-12,18H,1H3;3-6H,1-2H3. The summed E-state index contributed by atoms with van der Waals surface area (Å²) in [6.07, 6.45) is 0. The van der Waals surface area contributed by atoms with Gasteiger partial charge in [-0.1, -0.05) is 65.7 Å². The first-order valence-corrected chi connectivity index (χ1v) is 11.0. The normalized spacial score (nSPS) is 10.8. The second kappa shape index (κ2) is 9.46. The van der Waals surface area contributed by atoms with Crippen LogP contribution in [0.1, 0.15) is 11.1 Å². The summed E-state index contributed by atoms with van der Waals surface area (Å²) >= 11 is 0. The van der Waals surface area contributed by atoms with E-state index >= 15 is 0 Å². The summed E-state index contributed by atoms with van der Waals surface area (Å²) in [4.78, 5) is 0.238. The number of hydrogen-bond donors (Lipinski definition) is 1.